The zero-order chi connectivity index (χ0) is 13.4. The Bertz CT molecular complexity index is 492. The van der Waals surface area contributed by atoms with Gasteiger partial charge in [0, 0.05) is 24.2 Å². The number of piperidine rings is 1. The predicted molar refractivity (Wildman–Crippen MR) is 73.5 cm³/mol. The summed E-state index contributed by atoms with van der Waals surface area (Å²) in [6.45, 7) is 2.52. The van der Waals surface area contributed by atoms with Gasteiger partial charge in [-0.2, -0.15) is 0 Å². The van der Waals surface area contributed by atoms with E-state index in [9.17, 15) is 9.90 Å². The van der Waals surface area contributed by atoms with Gasteiger partial charge in [0.05, 0.1) is 5.56 Å². The Morgan fingerprint density at radius 1 is 1.42 bits per heavy atom. The highest BCUT2D eigenvalue weighted by Gasteiger charge is 2.37. The topological polar surface area (TPSA) is 52.6 Å². The Labute approximate surface area is 117 Å². The predicted octanol–water partition coefficient (Wildman–Crippen LogP) is 1.87. The van der Waals surface area contributed by atoms with Crippen LogP contribution in [0, 0.1) is 5.92 Å². The molecule has 4 nitrogen and oxygen atoms in total. The Morgan fingerprint density at radius 2 is 2.26 bits per heavy atom. The van der Waals surface area contributed by atoms with E-state index in [1.54, 1.807) is 6.07 Å². The SMILES string of the molecule is O=C(c1cc(Cl)ccc1O)N1CC2CCCNC2C1. The normalized spacial score (nSPS) is 26.3. The molecule has 0 aromatic heterocycles. The molecule has 0 saturated carbocycles. The van der Waals surface area contributed by atoms with Crippen molar-refractivity contribution in [3.05, 3.63) is 28.8 Å². The summed E-state index contributed by atoms with van der Waals surface area (Å²) < 4.78 is 0. The summed E-state index contributed by atoms with van der Waals surface area (Å²) in [6.07, 6.45) is 2.34. The van der Waals surface area contributed by atoms with E-state index in [2.05, 4.69) is 5.32 Å². The maximum absolute atomic E-state index is 12.4. The van der Waals surface area contributed by atoms with Crippen LogP contribution >= 0.6 is 11.6 Å². The highest BCUT2D eigenvalue weighted by Crippen LogP contribution is 2.29. The Hall–Kier alpha value is -1.26. The number of hydrogen-bond donors (Lipinski definition) is 2. The van der Waals surface area contributed by atoms with E-state index in [0.29, 0.717) is 22.5 Å². The van der Waals surface area contributed by atoms with Gasteiger partial charge in [0.25, 0.3) is 5.91 Å². The maximum Gasteiger partial charge on any atom is 0.257 e. The van der Waals surface area contributed by atoms with Crippen molar-refractivity contribution in [3.8, 4) is 5.75 Å². The van der Waals surface area contributed by atoms with E-state index < -0.39 is 0 Å². The van der Waals surface area contributed by atoms with Crippen molar-refractivity contribution in [2.45, 2.75) is 18.9 Å². The van der Waals surface area contributed by atoms with Crippen LogP contribution in [0.4, 0.5) is 0 Å². The summed E-state index contributed by atoms with van der Waals surface area (Å²) in [4.78, 5) is 14.3. The number of likely N-dealkylation sites (tertiary alicyclic amines) is 1. The van der Waals surface area contributed by atoms with Crippen molar-refractivity contribution in [2.75, 3.05) is 19.6 Å². The van der Waals surface area contributed by atoms with Crippen molar-refractivity contribution in [2.24, 2.45) is 5.92 Å². The molecule has 0 spiro atoms. The van der Waals surface area contributed by atoms with Crippen LogP contribution in [0.3, 0.4) is 0 Å². The number of halogens is 1. The van der Waals surface area contributed by atoms with Gasteiger partial charge in [0.1, 0.15) is 5.75 Å². The Kier molecular flexibility index (Phi) is 3.37. The van der Waals surface area contributed by atoms with Crippen LogP contribution in [0.1, 0.15) is 23.2 Å². The molecule has 2 fully saturated rings. The highest BCUT2D eigenvalue weighted by molar-refractivity contribution is 6.31. The average molecular weight is 281 g/mol. The van der Waals surface area contributed by atoms with Crippen LogP contribution in [0.25, 0.3) is 0 Å². The first-order valence-corrected chi connectivity index (χ1v) is 7.04. The average Bonchev–Trinajstić information content (AvgIpc) is 2.84. The van der Waals surface area contributed by atoms with Crippen molar-refractivity contribution in [1.82, 2.24) is 10.2 Å². The van der Waals surface area contributed by atoms with Gasteiger partial charge in [0.15, 0.2) is 0 Å². The number of nitrogens with one attached hydrogen (secondary N) is 1. The minimum Gasteiger partial charge on any atom is -0.507 e. The molecule has 2 heterocycles. The van der Waals surface area contributed by atoms with E-state index in [1.807, 2.05) is 4.90 Å². The number of aromatic hydroxyl groups is 1. The smallest absolute Gasteiger partial charge is 0.257 e. The lowest BCUT2D eigenvalue weighted by Crippen LogP contribution is -2.41. The van der Waals surface area contributed by atoms with Crippen molar-refractivity contribution in [1.29, 1.82) is 0 Å². The fourth-order valence-corrected chi connectivity index (χ4v) is 3.23. The molecule has 102 valence electrons. The molecule has 2 saturated heterocycles. The van der Waals surface area contributed by atoms with E-state index >= 15 is 0 Å². The molecule has 3 rings (SSSR count). The van der Waals surface area contributed by atoms with E-state index in [4.69, 9.17) is 11.6 Å². The van der Waals surface area contributed by atoms with Crippen LogP contribution in [0.15, 0.2) is 18.2 Å². The lowest BCUT2D eigenvalue weighted by atomic mass is 9.94. The first-order chi connectivity index (χ1) is 9.15. The molecule has 0 bridgehead atoms. The Balaban J connectivity index is 1.79. The van der Waals surface area contributed by atoms with Crippen LogP contribution < -0.4 is 5.32 Å². The van der Waals surface area contributed by atoms with Gasteiger partial charge in [-0.1, -0.05) is 11.6 Å². The molecular weight excluding hydrogens is 264 g/mol. The molecular formula is C14H17ClN2O2. The second kappa shape index (κ2) is 5.02. The molecule has 2 aliphatic rings. The van der Waals surface area contributed by atoms with E-state index in [-0.39, 0.29) is 11.7 Å². The maximum atomic E-state index is 12.4. The van der Waals surface area contributed by atoms with Crippen LogP contribution in [-0.4, -0.2) is 41.6 Å². The largest absolute Gasteiger partial charge is 0.507 e. The number of carbonyl (C=O) groups excluding carboxylic acids is 1. The first kappa shape index (κ1) is 12.8. The quantitative estimate of drug-likeness (QED) is 0.826. The summed E-state index contributed by atoms with van der Waals surface area (Å²) in [7, 11) is 0. The number of hydrogen-bond acceptors (Lipinski definition) is 3. The third-order valence-electron chi connectivity index (χ3n) is 4.08. The van der Waals surface area contributed by atoms with Crippen molar-refractivity contribution in [3.63, 3.8) is 0 Å². The minimum absolute atomic E-state index is 0.00256. The lowest BCUT2D eigenvalue weighted by Gasteiger charge is -2.24. The van der Waals surface area contributed by atoms with Gasteiger partial charge in [-0.25, -0.2) is 0 Å². The van der Waals surface area contributed by atoms with Crippen molar-refractivity contribution >= 4 is 17.5 Å². The molecule has 1 amide bonds. The van der Waals surface area contributed by atoms with Crippen molar-refractivity contribution < 1.29 is 9.90 Å². The molecule has 2 N–H and O–H groups in total. The summed E-state index contributed by atoms with van der Waals surface area (Å²) in [6, 6.07) is 4.99. The fourth-order valence-electron chi connectivity index (χ4n) is 3.06. The van der Waals surface area contributed by atoms with Gasteiger partial charge in [-0.15, -0.1) is 0 Å². The number of amides is 1. The van der Waals surface area contributed by atoms with Gasteiger partial charge < -0.3 is 15.3 Å². The molecule has 2 atom stereocenters. The van der Waals surface area contributed by atoms with E-state index in [0.717, 1.165) is 19.6 Å². The number of rotatable bonds is 1. The third-order valence-corrected chi connectivity index (χ3v) is 4.31. The molecule has 0 aliphatic carbocycles. The summed E-state index contributed by atoms with van der Waals surface area (Å²) in [5, 5.41) is 13.7. The van der Waals surface area contributed by atoms with Gasteiger partial charge in [0.2, 0.25) is 0 Å². The molecule has 1 aromatic carbocycles. The fraction of sp³-hybridized carbons (Fsp3) is 0.500. The molecule has 0 radical (unpaired) electrons. The monoisotopic (exact) mass is 280 g/mol. The summed E-state index contributed by atoms with van der Waals surface area (Å²) in [5.74, 6) is 0.410. The molecule has 2 unspecified atom stereocenters. The molecule has 19 heavy (non-hydrogen) atoms. The number of nitrogens with zero attached hydrogens (tertiary/aromatic N) is 1. The lowest BCUT2D eigenvalue weighted by molar-refractivity contribution is 0.0782. The zero-order valence-electron chi connectivity index (χ0n) is 10.6. The van der Waals surface area contributed by atoms with Gasteiger partial charge in [-0.3, -0.25) is 4.79 Å². The first-order valence-electron chi connectivity index (χ1n) is 6.66. The second-order valence-electron chi connectivity index (χ2n) is 5.33. The van der Waals surface area contributed by atoms with Gasteiger partial charge in [-0.05, 0) is 43.5 Å². The third kappa shape index (κ3) is 2.42. The summed E-state index contributed by atoms with van der Waals surface area (Å²) >= 11 is 5.90. The highest BCUT2D eigenvalue weighted by atomic mass is 35.5. The molecule has 1 aromatic rings. The number of benzene rings is 1. The molecule has 2 aliphatic heterocycles. The number of phenolic OH excluding ortho intramolecular Hbond substituents is 1. The van der Waals surface area contributed by atoms with E-state index in [1.165, 1.54) is 25.0 Å². The number of fused-ring (bicyclic) bond motifs is 1. The molecule has 5 heteroatoms. The minimum atomic E-state index is -0.129. The summed E-state index contributed by atoms with van der Waals surface area (Å²) in [5.41, 5.74) is 0.297. The van der Waals surface area contributed by atoms with Crippen LogP contribution in [0.5, 0.6) is 5.75 Å². The zero-order valence-corrected chi connectivity index (χ0v) is 11.4. The van der Waals surface area contributed by atoms with Gasteiger partial charge >= 0.3 is 0 Å². The number of phenols is 1. The second-order valence-corrected chi connectivity index (χ2v) is 5.77. The number of carbonyl (C=O) groups is 1. The Morgan fingerprint density at radius 3 is 3.05 bits per heavy atom. The van der Waals surface area contributed by atoms with Crippen LogP contribution in [0.2, 0.25) is 5.02 Å². The van der Waals surface area contributed by atoms with Crippen LogP contribution in [-0.2, 0) is 0 Å². The standard InChI is InChI=1S/C14H17ClN2O2/c15-10-3-4-13(18)11(6-10)14(19)17-7-9-2-1-5-16-12(9)8-17/h3-4,6,9,12,16,18H,1-2,5,7-8H2.